The highest BCUT2D eigenvalue weighted by atomic mass is 35.5. The summed E-state index contributed by atoms with van der Waals surface area (Å²) in [6.07, 6.45) is 5.42. The average Bonchev–Trinajstić information content (AvgIpc) is 3.03. The molecule has 0 radical (unpaired) electrons. The van der Waals surface area contributed by atoms with Gasteiger partial charge in [0.1, 0.15) is 23.0 Å². The molecule has 28 heavy (non-hydrogen) atoms. The molecular weight excluding hydrogens is 419 g/mol. The first kappa shape index (κ1) is 21.0. The Balaban J connectivity index is 0.00000225. The number of piperidine rings is 1. The van der Waals surface area contributed by atoms with Gasteiger partial charge in [0.05, 0.1) is 4.90 Å². The van der Waals surface area contributed by atoms with E-state index >= 15 is 0 Å². The molecule has 2 aliphatic rings. The quantitative estimate of drug-likeness (QED) is 0.690. The molecule has 2 N–H and O–H groups in total. The van der Waals surface area contributed by atoms with E-state index in [-0.39, 0.29) is 23.1 Å². The number of aryl methyl sites for hydroxylation is 1. The predicted octanol–water partition coefficient (Wildman–Crippen LogP) is -0.544. The van der Waals surface area contributed by atoms with Crippen molar-refractivity contribution in [2.75, 3.05) is 23.7 Å². The smallest absolute Gasteiger partial charge is 0.203 e. The molecule has 1 aromatic carbocycles. The molecule has 0 bridgehead atoms. The molecule has 2 aromatic rings. The van der Waals surface area contributed by atoms with Gasteiger partial charge in [0.25, 0.3) is 0 Å². The molecular formula is C19H22Cl2N4O2S. The Morgan fingerprint density at radius 3 is 2.46 bits per heavy atom. The van der Waals surface area contributed by atoms with Crippen molar-refractivity contribution < 1.29 is 26.1 Å². The molecule has 0 unspecified atom stereocenters. The molecule has 1 fully saturated rings. The van der Waals surface area contributed by atoms with E-state index in [4.69, 9.17) is 11.6 Å². The van der Waals surface area contributed by atoms with Gasteiger partial charge < -0.3 is 17.3 Å². The van der Waals surface area contributed by atoms with E-state index in [1.54, 1.807) is 24.3 Å². The summed E-state index contributed by atoms with van der Waals surface area (Å²) < 4.78 is 25.5. The first-order chi connectivity index (χ1) is 12.9. The summed E-state index contributed by atoms with van der Waals surface area (Å²) >= 11 is 5.87. The number of anilines is 1. The Morgan fingerprint density at radius 2 is 1.79 bits per heavy atom. The lowest BCUT2D eigenvalue weighted by Crippen LogP contribution is -3.00. The summed E-state index contributed by atoms with van der Waals surface area (Å²) in [4.78, 5) is 11.7. The van der Waals surface area contributed by atoms with Gasteiger partial charge in [-0.25, -0.2) is 18.4 Å². The van der Waals surface area contributed by atoms with Crippen LogP contribution in [0, 0.1) is 6.92 Å². The molecule has 2 aliphatic heterocycles. The SMILES string of the molecule is Cc1nc2c(c(N3CCCCC3)n1)[NH2+]C(CS(=O)(=O)c1ccc(Cl)cc1)=C2.[Cl-]. The van der Waals surface area contributed by atoms with Gasteiger partial charge >= 0.3 is 0 Å². The van der Waals surface area contributed by atoms with Gasteiger partial charge in [-0.15, -0.1) is 0 Å². The molecule has 1 saturated heterocycles. The third-order valence-corrected chi connectivity index (χ3v) is 6.86. The number of nitrogens with zero attached hydrogens (tertiary/aromatic N) is 3. The van der Waals surface area contributed by atoms with Crippen LogP contribution in [0.15, 0.2) is 34.9 Å². The van der Waals surface area contributed by atoms with E-state index < -0.39 is 9.84 Å². The van der Waals surface area contributed by atoms with Crippen molar-refractivity contribution >= 4 is 39.0 Å². The van der Waals surface area contributed by atoms with Crippen LogP contribution in [-0.4, -0.2) is 37.2 Å². The second-order valence-corrected chi connectivity index (χ2v) is 9.44. The number of hydrogen-bond acceptors (Lipinski definition) is 5. The Hall–Kier alpha value is -1.67. The largest absolute Gasteiger partial charge is 1.00 e. The molecule has 0 spiro atoms. The Kier molecular flexibility index (Phi) is 6.29. The number of rotatable bonds is 4. The normalized spacial score (nSPS) is 16.4. The standard InChI is InChI=1S/C19H21ClN4O2S.ClH/c1-13-21-17-11-15(12-27(25,26)16-7-5-14(20)6-8-16)23-18(17)19(22-13)24-9-3-2-4-10-24;/h5-8,11,23H,2-4,9-10,12H2,1H3;1H. The van der Waals surface area contributed by atoms with Crippen LogP contribution in [0.2, 0.25) is 5.02 Å². The zero-order valence-electron chi connectivity index (χ0n) is 15.5. The number of halogens is 2. The lowest BCUT2D eigenvalue weighted by atomic mass is 10.1. The van der Waals surface area contributed by atoms with Crippen LogP contribution >= 0.6 is 11.6 Å². The number of nitrogens with two attached hydrogens (primary N) is 1. The molecule has 4 rings (SSSR count). The molecule has 9 heteroatoms. The Morgan fingerprint density at radius 1 is 1.11 bits per heavy atom. The van der Waals surface area contributed by atoms with Crippen molar-refractivity contribution in [1.29, 1.82) is 0 Å². The monoisotopic (exact) mass is 440 g/mol. The summed E-state index contributed by atoms with van der Waals surface area (Å²) in [6.45, 7) is 3.84. The fraction of sp³-hybridized carbons (Fsp3) is 0.368. The summed E-state index contributed by atoms with van der Waals surface area (Å²) in [6, 6.07) is 6.28. The minimum atomic E-state index is -3.45. The third-order valence-electron chi connectivity index (χ3n) is 4.90. The molecule has 0 aliphatic carbocycles. The lowest BCUT2D eigenvalue weighted by molar-refractivity contribution is -0.511. The van der Waals surface area contributed by atoms with Gasteiger partial charge in [-0.3, -0.25) is 5.32 Å². The van der Waals surface area contributed by atoms with Gasteiger partial charge in [-0.1, -0.05) is 11.6 Å². The highest BCUT2D eigenvalue weighted by Crippen LogP contribution is 2.30. The van der Waals surface area contributed by atoms with Gasteiger partial charge in [0.15, 0.2) is 15.7 Å². The van der Waals surface area contributed by atoms with E-state index in [2.05, 4.69) is 14.9 Å². The summed E-state index contributed by atoms with van der Waals surface area (Å²) in [5.41, 5.74) is 2.48. The zero-order valence-corrected chi connectivity index (χ0v) is 17.9. The van der Waals surface area contributed by atoms with E-state index in [0.717, 1.165) is 48.8 Å². The second-order valence-electron chi connectivity index (χ2n) is 7.02. The van der Waals surface area contributed by atoms with Crippen LogP contribution in [0.3, 0.4) is 0 Å². The van der Waals surface area contributed by atoms with E-state index in [1.165, 1.54) is 6.42 Å². The van der Waals surface area contributed by atoms with Crippen molar-refractivity contribution in [3.63, 3.8) is 0 Å². The van der Waals surface area contributed by atoms with Crippen LogP contribution in [0.1, 0.15) is 30.8 Å². The Labute approximate surface area is 176 Å². The van der Waals surface area contributed by atoms with Crippen LogP contribution in [0.4, 0.5) is 11.5 Å². The summed E-state index contributed by atoms with van der Waals surface area (Å²) in [5, 5.41) is 2.44. The van der Waals surface area contributed by atoms with Crippen molar-refractivity contribution in [2.45, 2.75) is 31.1 Å². The minimum absolute atomic E-state index is 0. The molecule has 0 atom stereocenters. The van der Waals surface area contributed by atoms with Gasteiger partial charge in [-0.2, -0.15) is 0 Å². The molecule has 0 saturated carbocycles. The number of hydrogen-bond donors (Lipinski definition) is 1. The predicted molar refractivity (Wildman–Crippen MR) is 106 cm³/mol. The fourth-order valence-electron chi connectivity index (χ4n) is 3.61. The summed E-state index contributed by atoms with van der Waals surface area (Å²) in [7, 11) is -3.45. The fourth-order valence-corrected chi connectivity index (χ4v) is 5.06. The van der Waals surface area contributed by atoms with Crippen LogP contribution in [0.5, 0.6) is 0 Å². The van der Waals surface area contributed by atoms with Crippen molar-refractivity contribution in [2.24, 2.45) is 0 Å². The van der Waals surface area contributed by atoms with E-state index in [9.17, 15) is 8.42 Å². The zero-order chi connectivity index (χ0) is 19.0. The Bertz CT molecular complexity index is 1000. The molecule has 1 aromatic heterocycles. The van der Waals surface area contributed by atoms with Crippen molar-refractivity contribution in [1.82, 2.24) is 9.97 Å². The number of aromatic nitrogens is 2. The number of sulfone groups is 1. The molecule has 3 heterocycles. The van der Waals surface area contributed by atoms with Gasteiger partial charge in [-0.05, 0) is 50.5 Å². The van der Waals surface area contributed by atoms with Gasteiger partial charge in [0, 0.05) is 24.2 Å². The molecule has 6 nitrogen and oxygen atoms in total. The summed E-state index contributed by atoms with van der Waals surface area (Å²) in [5.74, 6) is 1.57. The molecule has 0 amide bonds. The van der Waals surface area contributed by atoms with Crippen LogP contribution in [0.25, 0.3) is 6.08 Å². The van der Waals surface area contributed by atoms with Crippen LogP contribution in [-0.2, 0) is 9.84 Å². The minimum Gasteiger partial charge on any atom is -1.00 e. The third kappa shape index (κ3) is 4.33. The van der Waals surface area contributed by atoms with Gasteiger partial charge in [0.2, 0.25) is 5.69 Å². The number of fused-ring (bicyclic) bond motifs is 1. The first-order valence-electron chi connectivity index (χ1n) is 9.10. The topological polar surface area (TPSA) is 79.8 Å². The maximum absolute atomic E-state index is 12.8. The maximum Gasteiger partial charge on any atom is 0.203 e. The number of quaternary nitrogens is 1. The van der Waals surface area contributed by atoms with E-state index in [0.29, 0.717) is 10.8 Å². The second kappa shape index (κ2) is 8.37. The lowest BCUT2D eigenvalue weighted by Gasteiger charge is -2.28. The van der Waals surface area contributed by atoms with Crippen LogP contribution < -0.4 is 22.6 Å². The maximum atomic E-state index is 12.8. The first-order valence-corrected chi connectivity index (χ1v) is 11.1. The van der Waals surface area contributed by atoms with Crippen molar-refractivity contribution in [3.05, 3.63) is 46.5 Å². The van der Waals surface area contributed by atoms with E-state index in [1.807, 2.05) is 18.3 Å². The highest BCUT2D eigenvalue weighted by molar-refractivity contribution is 7.91. The highest BCUT2D eigenvalue weighted by Gasteiger charge is 2.31. The van der Waals surface area contributed by atoms with Crippen molar-refractivity contribution in [3.8, 4) is 0 Å². The average molecular weight is 441 g/mol. The molecule has 150 valence electrons. The number of benzene rings is 1.